The van der Waals surface area contributed by atoms with Crippen molar-refractivity contribution in [2.45, 2.75) is 6.42 Å². The van der Waals surface area contributed by atoms with Crippen LogP contribution in [0.5, 0.6) is 5.75 Å². The maximum Gasteiger partial charge on any atom is 0.310 e. The van der Waals surface area contributed by atoms with Crippen LogP contribution >= 0.6 is 15.9 Å². The van der Waals surface area contributed by atoms with Gasteiger partial charge in [0.2, 0.25) is 0 Å². The van der Waals surface area contributed by atoms with Crippen LogP contribution < -0.4 is 4.74 Å². The minimum absolute atomic E-state index is 0.200. The number of fused-ring (bicyclic) bond motifs is 1. The van der Waals surface area contributed by atoms with Gasteiger partial charge in [-0.2, -0.15) is 0 Å². The molecule has 0 saturated heterocycles. The fourth-order valence-corrected chi connectivity index (χ4v) is 2.77. The highest BCUT2D eigenvalue weighted by Crippen LogP contribution is 2.18. The molecule has 0 N–H and O–H groups in total. The molecule has 0 atom stereocenters. The van der Waals surface area contributed by atoms with Crippen LogP contribution in [0.1, 0.15) is 5.56 Å². The van der Waals surface area contributed by atoms with Crippen LogP contribution in [0.25, 0.3) is 10.9 Å². The quantitative estimate of drug-likeness (QED) is 0.472. The second kappa shape index (κ2) is 7.93. The van der Waals surface area contributed by atoms with Gasteiger partial charge in [0.1, 0.15) is 19.0 Å². The van der Waals surface area contributed by atoms with Crippen molar-refractivity contribution in [1.29, 1.82) is 0 Å². The van der Waals surface area contributed by atoms with Gasteiger partial charge in [-0.05, 0) is 29.8 Å². The second-order valence-corrected chi connectivity index (χ2v) is 6.11. The van der Waals surface area contributed by atoms with Crippen LogP contribution in [0, 0.1) is 0 Å². The first-order valence-corrected chi connectivity index (χ1v) is 8.38. The van der Waals surface area contributed by atoms with Crippen LogP contribution in [0.4, 0.5) is 0 Å². The molecule has 122 valence electrons. The van der Waals surface area contributed by atoms with Crippen molar-refractivity contribution in [3.05, 3.63) is 70.8 Å². The molecule has 0 amide bonds. The zero-order valence-electron chi connectivity index (χ0n) is 12.9. The fraction of sp³-hybridized carbons (Fsp3) is 0.158. The molecule has 0 bridgehead atoms. The average Bonchev–Trinajstić information content (AvgIpc) is 2.59. The molecule has 1 heterocycles. The van der Waals surface area contributed by atoms with Gasteiger partial charge in [-0.25, -0.2) is 0 Å². The number of hydrogen-bond donors (Lipinski definition) is 0. The Morgan fingerprint density at radius 1 is 1.04 bits per heavy atom. The van der Waals surface area contributed by atoms with E-state index in [2.05, 4.69) is 20.9 Å². The lowest BCUT2D eigenvalue weighted by molar-refractivity contribution is -0.143. The van der Waals surface area contributed by atoms with E-state index in [9.17, 15) is 4.79 Å². The number of ether oxygens (including phenoxy) is 2. The van der Waals surface area contributed by atoms with Gasteiger partial charge in [0.25, 0.3) is 0 Å². The number of rotatable bonds is 6. The molecule has 0 aliphatic heterocycles. The van der Waals surface area contributed by atoms with Gasteiger partial charge >= 0.3 is 5.97 Å². The van der Waals surface area contributed by atoms with Crippen molar-refractivity contribution < 1.29 is 14.3 Å². The third kappa shape index (κ3) is 4.32. The molecule has 0 radical (unpaired) electrons. The molecule has 4 nitrogen and oxygen atoms in total. The number of aromatic nitrogens is 1. The van der Waals surface area contributed by atoms with E-state index in [0.29, 0.717) is 6.61 Å². The zero-order valence-corrected chi connectivity index (χ0v) is 14.5. The minimum Gasteiger partial charge on any atom is -0.490 e. The Hall–Kier alpha value is -2.40. The zero-order chi connectivity index (χ0) is 16.8. The fourth-order valence-electron chi connectivity index (χ4n) is 2.39. The monoisotopic (exact) mass is 385 g/mol. The lowest BCUT2D eigenvalue weighted by atomic mass is 10.1. The third-order valence-corrected chi connectivity index (χ3v) is 3.96. The molecule has 3 aromatic rings. The molecule has 3 rings (SSSR count). The predicted octanol–water partition coefficient (Wildman–Crippen LogP) is 4.16. The highest BCUT2D eigenvalue weighted by Gasteiger charge is 2.09. The van der Waals surface area contributed by atoms with Crippen LogP contribution in [-0.4, -0.2) is 24.2 Å². The number of carbonyl (C=O) groups is 1. The first-order valence-electron chi connectivity index (χ1n) is 7.59. The molecule has 24 heavy (non-hydrogen) atoms. The summed E-state index contributed by atoms with van der Waals surface area (Å²) in [4.78, 5) is 16.4. The van der Waals surface area contributed by atoms with Crippen LogP contribution in [0.3, 0.4) is 0 Å². The Morgan fingerprint density at radius 3 is 2.75 bits per heavy atom. The first-order chi connectivity index (χ1) is 11.7. The summed E-state index contributed by atoms with van der Waals surface area (Å²) < 4.78 is 11.7. The van der Waals surface area contributed by atoms with E-state index in [4.69, 9.17) is 9.47 Å². The average molecular weight is 386 g/mol. The van der Waals surface area contributed by atoms with E-state index >= 15 is 0 Å². The molecule has 1 aromatic heterocycles. The number of carbonyl (C=O) groups excluding carboxylic acids is 1. The molecule has 0 fully saturated rings. The highest BCUT2D eigenvalue weighted by atomic mass is 79.9. The van der Waals surface area contributed by atoms with Crippen LogP contribution in [-0.2, 0) is 16.0 Å². The Labute approximate surface area is 148 Å². The molecular formula is C19H16BrNO3. The Bertz CT molecular complexity index is 845. The SMILES string of the molecule is O=C(Cc1cccc2cccnc12)OCCOc1cccc(Br)c1. The smallest absolute Gasteiger partial charge is 0.310 e. The van der Waals surface area contributed by atoms with Crippen molar-refractivity contribution in [1.82, 2.24) is 4.98 Å². The largest absolute Gasteiger partial charge is 0.490 e. The van der Waals surface area contributed by atoms with Gasteiger partial charge in [0.05, 0.1) is 11.9 Å². The van der Waals surface area contributed by atoms with Gasteiger partial charge in [-0.15, -0.1) is 0 Å². The van der Waals surface area contributed by atoms with Crippen molar-refractivity contribution >= 4 is 32.8 Å². The molecular weight excluding hydrogens is 370 g/mol. The summed E-state index contributed by atoms with van der Waals surface area (Å²) in [7, 11) is 0. The topological polar surface area (TPSA) is 48.4 Å². The summed E-state index contributed by atoms with van der Waals surface area (Å²) in [5.74, 6) is 0.449. The van der Waals surface area contributed by atoms with Crippen LogP contribution in [0.2, 0.25) is 0 Å². The molecule has 0 unspecified atom stereocenters. The maximum absolute atomic E-state index is 12.0. The first kappa shape index (κ1) is 16.5. The third-order valence-electron chi connectivity index (χ3n) is 3.46. The van der Waals surface area contributed by atoms with Gasteiger partial charge in [-0.1, -0.05) is 46.3 Å². The number of nitrogens with zero attached hydrogens (tertiary/aromatic N) is 1. The number of halogens is 1. The number of para-hydroxylation sites is 1. The molecule has 0 saturated carbocycles. The van der Waals surface area contributed by atoms with E-state index < -0.39 is 0 Å². The van der Waals surface area contributed by atoms with Crippen molar-refractivity contribution in [3.63, 3.8) is 0 Å². The number of esters is 1. The van der Waals surface area contributed by atoms with Gasteiger partial charge < -0.3 is 9.47 Å². The summed E-state index contributed by atoms with van der Waals surface area (Å²) in [5.41, 5.74) is 1.70. The van der Waals surface area contributed by atoms with Crippen LogP contribution in [0.15, 0.2) is 65.3 Å². The molecule has 0 spiro atoms. The number of hydrogen-bond acceptors (Lipinski definition) is 4. The summed E-state index contributed by atoms with van der Waals surface area (Å²) >= 11 is 3.38. The molecule has 0 aliphatic rings. The minimum atomic E-state index is -0.286. The van der Waals surface area contributed by atoms with E-state index in [1.54, 1.807) is 6.20 Å². The standard InChI is InChI=1S/C19H16BrNO3/c20-16-7-2-8-17(13-16)23-10-11-24-18(22)12-15-5-1-4-14-6-3-9-21-19(14)15/h1-9,13H,10-12H2. The lowest BCUT2D eigenvalue weighted by Crippen LogP contribution is -2.14. The van der Waals surface area contributed by atoms with Gasteiger partial charge in [-0.3, -0.25) is 9.78 Å². The van der Waals surface area contributed by atoms with Crippen molar-refractivity contribution in [2.75, 3.05) is 13.2 Å². The predicted molar refractivity (Wildman–Crippen MR) is 96.0 cm³/mol. The summed E-state index contributed by atoms with van der Waals surface area (Å²) in [6, 6.07) is 17.2. The van der Waals surface area contributed by atoms with E-state index in [1.807, 2.05) is 54.6 Å². The molecule has 5 heteroatoms. The Balaban J connectivity index is 1.50. The van der Waals surface area contributed by atoms with Crippen molar-refractivity contribution in [3.8, 4) is 5.75 Å². The summed E-state index contributed by atoms with van der Waals surface area (Å²) in [6.07, 6.45) is 1.92. The Kier molecular flexibility index (Phi) is 5.43. The second-order valence-electron chi connectivity index (χ2n) is 5.20. The van der Waals surface area contributed by atoms with Crippen molar-refractivity contribution in [2.24, 2.45) is 0 Å². The summed E-state index contributed by atoms with van der Waals surface area (Å²) in [6.45, 7) is 0.527. The highest BCUT2D eigenvalue weighted by molar-refractivity contribution is 9.10. The van der Waals surface area contributed by atoms with E-state index in [0.717, 1.165) is 26.7 Å². The normalized spacial score (nSPS) is 10.5. The van der Waals surface area contributed by atoms with E-state index in [1.165, 1.54) is 0 Å². The van der Waals surface area contributed by atoms with Gasteiger partial charge in [0.15, 0.2) is 0 Å². The maximum atomic E-state index is 12.0. The number of benzene rings is 2. The van der Waals surface area contributed by atoms with E-state index in [-0.39, 0.29) is 19.0 Å². The summed E-state index contributed by atoms with van der Waals surface area (Å²) in [5, 5.41) is 1.01. The molecule has 2 aromatic carbocycles. The Morgan fingerprint density at radius 2 is 1.88 bits per heavy atom. The molecule has 0 aliphatic carbocycles. The van der Waals surface area contributed by atoms with Gasteiger partial charge in [0, 0.05) is 16.1 Å². The lowest BCUT2D eigenvalue weighted by Gasteiger charge is -2.08. The number of pyridine rings is 1.